The molecule has 1 aliphatic heterocycles. The Labute approximate surface area is 111 Å². The first kappa shape index (κ1) is 12.9. The average Bonchev–Trinajstić information content (AvgIpc) is 2.68. The highest BCUT2D eigenvalue weighted by molar-refractivity contribution is 5.86. The molecule has 0 spiro atoms. The van der Waals surface area contributed by atoms with Crippen LogP contribution in [-0.4, -0.2) is 22.1 Å². The number of hydrogen-bond acceptors (Lipinski definition) is 2. The van der Waals surface area contributed by atoms with Crippen molar-refractivity contribution in [1.29, 1.82) is 0 Å². The average molecular weight is 267 g/mol. The van der Waals surface area contributed by atoms with E-state index in [9.17, 15) is 4.79 Å². The zero-order chi connectivity index (χ0) is 12.0. The van der Waals surface area contributed by atoms with E-state index < -0.39 is 12.0 Å². The van der Waals surface area contributed by atoms with Crippen LogP contribution in [0.3, 0.4) is 0 Å². The Hall–Kier alpha value is -1.52. The lowest BCUT2D eigenvalue weighted by molar-refractivity contribution is -0.139. The maximum absolute atomic E-state index is 11.1. The van der Waals surface area contributed by atoms with Gasteiger partial charge in [0.25, 0.3) is 0 Å². The van der Waals surface area contributed by atoms with E-state index in [2.05, 4.69) is 10.3 Å². The number of carbonyl (C=O) groups is 1. The molecule has 4 nitrogen and oxygen atoms in total. The Bertz CT molecular complexity index is 594. The SMILES string of the molecule is CC1NC(C(=O)O)Cc2c1[nH]c1ccccc21.Cl. The van der Waals surface area contributed by atoms with E-state index in [1.54, 1.807) is 0 Å². The number of H-pyrrole nitrogens is 1. The molecule has 18 heavy (non-hydrogen) atoms. The van der Waals surface area contributed by atoms with E-state index in [0.717, 1.165) is 22.2 Å². The number of aromatic amines is 1. The van der Waals surface area contributed by atoms with E-state index in [1.165, 1.54) is 0 Å². The van der Waals surface area contributed by atoms with Crippen molar-refractivity contribution < 1.29 is 9.90 Å². The lowest BCUT2D eigenvalue weighted by atomic mass is 9.95. The van der Waals surface area contributed by atoms with Crippen molar-refractivity contribution in [2.75, 3.05) is 0 Å². The van der Waals surface area contributed by atoms with Gasteiger partial charge in [-0.3, -0.25) is 10.1 Å². The molecular formula is C13H15ClN2O2. The molecule has 3 N–H and O–H groups in total. The summed E-state index contributed by atoms with van der Waals surface area (Å²) in [5.41, 5.74) is 3.33. The Kier molecular flexibility index (Phi) is 3.32. The van der Waals surface area contributed by atoms with Crippen molar-refractivity contribution in [3.8, 4) is 0 Å². The number of carboxylic acids is 1. The van der Waals surface area contributed by atoms with Crippen LogP contribution >= 0.6 is 12.4 Å². The number of halogens is 1. The largest absolute Gasteiger partial charge is 0.480 e. The molecule has 0 saturated heterocycles. The van der Waals surface area contributed by atoms with Gasteiger partial charge in [-0.25, -0.2) is 0 Å². The maximum atomic E-state index is 11.1. The standard InChI is InChI=1S/C13H14N2O2.ClH/c1-7-12-9(6-11(14-7)13(16)17)8-4-2-3-5-10(8)15-12;/h2-5,7,11,14-15H,6H2,1H3,(H,16,17);1H. The quantitative estimate of drug-likeness (QED) is 0.742. The zero-order valence-electron chi connectivity index (χ0n) is 9.93. The molecule has 0 radical (unpaired) electrons. The molecule has 1 aromatic carbocycles. The number of para-hydroxylation sites is 1. The van der Waals surface area contributed by atoms with Crippen LogP contribution in [0.2, 0.25) is 0 Å². The molecule has 0 amide bonds. The van der Waals surface area contributed by atoms with Gasteiger partial charge >= 0.3 is 5.97 Å². The molecular weight excluding hydrogens is 252 g/mol. The second-order valence-corrected chi connectivity index (χ2v) is 4.55. The number of benzene rings is 1. The van der Waals surface area contributed by atoms with Crippen LogP contribution in [0.25, 0.3) is 10.9 Å². The fraction of sp³-hybridized carbons (Fsp3) is 0.308. The topological polar surface area (TPSA) is 65.1 Å². The van der Waals surface area contributed by atoms with Crippen molar-refractivity contribution in [1.82, 2.24) is 10.3 Å². The van der Waals surface area contributed by atoms with E-state index in [1.807, 2.05) is 31.2 Å². The van der Waals surface area contributed by atoms with Gasteiger partial charge in [-0.15, -0.1) is 12.4 Å². The Morgan fingerprint density at radius 1 is 1.39 bits per heavy atom. The normalized spacial score (nSPS) is 22.3. The predicted molar refractivity (Wildman–Crippen MR) is 72.2 cm³/mol. The molecule has 1 aromatic heterocycles. The summed E-state index contributed by atoms with van der Waals surface area (Å²) in [6.45, 7) is 1.99. The lowest BCUT2D eigenvalue weighted by Gasteiger charge is -2.26. The Morgan fingerprint density at radius 2 is 2.11 bits per heavy atom. The third kappa shape index (κ3) is 1.87. The number of carboxylic acid groups (broad SMARTS) is 1. The van der Waals surface area contributed by atoms with Crippen LogP contribution in [0, 0.1) is 0 Å². The Morgan fingerprint density at radius 3 is 2.83 bits per heavy atom. The van der Waals surface area contributed by atoms with E-state index in [4.69, 9.17) is 5.11 Å². The van der Waals surface area contributed by atoms with Crippen molar-refractivity contribution >= 4 is 29.3 Å². The number of fused-ring (bicyclic) bond motifs is 3. The van der Waals surface area contributed by atoms with Crippen molar-refractivity contribution in [2.24, 2.45) is 0 Å². The van der Waals surface area contributed by atoms with Crippen LogP contribution in [0.1, 0.15) is 24.2 Å². The number of aromatic nitrogens is 1. The molecule has 96 valence electrons. The molecule has 2 atom stereocenters. The molecule has 0 bridgehead atoms. The molecule has 5 heteroatoms. The lowest BCUT2D eigenvalue weighted by Crippen LogP contribution is -2.43. The van der Waals surface area contributed by atoms with Crippen LogP contribution in [0.4, 0.5) is 0 Å². The second-order valence-electron chi connectivity index (χ2n) is 4.55. The summed E-state index contributed by atoms with van der Waals surface area (Å²) in [6, 6.07) is 7.59. The number of nitrogens with one attached hydrogen (secondary N) is 2. The van der Waals surface area contributed by atoms with Gasteiger partial charge in [-0.05, 0) is 18.6 Å². The molecule has 1 aliphatic rings. The minimum Gasteiger partial charge on any atom is -0.480 e. The summed E-state index contributed by atoms with van der Waals surface area (Å²) >= 11 is 0. The van der Waals surface area contributed by atoms with Gasteiger partial charge in [0, 0.05) is 29.1 Å². The van der Waals surface area contributed by atoms with Gasteiger partial charge < -0.3 is 10.1 Å². The minimum absolute atomic E-state index is 0. The smallest absolute Gasteiger partial charge is 0.321 e. The van der Waals surface area contributed by atoms with E-state index in [-0.39, 0.29) is 18.4 Å². The molecule has 2 unspecified atom stereocenters. The molecule has 0 aliphatic carbocycles. The van der Waals surface area contributed by atoms with Gasteiger partial charge in [0.05, 0.1) is 0 Å². The summed E-state index contributed by atoms with van der Waals surface area (Å²) < 4.78 is 0. The zero-order valence-corrected chi connectivity index (χ0v) is 10.8. The van der Waals surface area contributed by atoms with Gasteiger partial charge in [-0.2, -0.15) is 0 Å². The third-order valence-corrected chi connectivity index (χ3v) is 3.44. The third-order valence-electron chi connectivity index (χ3n) is 3.44. The molecule has 0 saturated carbocycles. The van der Waals surface area contributed by atoms with E-state index in [0.29, 0.717) is 6.42 Å². The number of hydrogen-bond donors (Lipinski definition) is 3. The molecule has 2 heterocycles. The summed E-state index contributed by atoms with van der Waals surface area (Å²) in [4.78, 5) is 14.5. The summed E-state index contributed by atoms with van der Waals surface area (Å²) in [7, 11) is 0. The minimum atomic E-state index is -0.784. The first-order valence-corrected chi connectivity index (χ1v) is 5.75. The molecule has 0 fully saturated rings. The molecule has 2 aromatic rings. The maximum Gasteiger partial charge on any atom is 0.321 e. The predicted octanol–water partition coefficient (Wildman–Crippen LogP) is 2.25. The van der Waals surface area contributed by atoms with Crippen LogP contribution in [-0.2, 0) is 11.2 Å². The van der Waals surface area contributed by atoms with Gasteiger partial charge in [0.15, 0.2) is 0 Å². The summed E-state index contributed by atoms with van der Waals surface area (Å²) in [5, 5.41) is 13.4. The van der Waals surface area contributed by atoms with Crippen LogP contribution in [0.15, 0.2) is 24.3 Å². The highest BCUT2D eigenvalue weighted by atomic mass is 35.5. The van der Waals surface area contributed by atoms with Gasteiger partial charge in [0.1, 0.15) is 6.04 Å². The van der Waals surface area contributed by atoms with Crippen LogP contribution in [0.5, 0.6) is 0 Å². The number of aliphatic carboxylic acids is 1. The first-order valence-electron chi connectivity index (χ1n) is 5.75. The van der Waals surface area contributed by atoms with Gasteiger partial charge in [0.2, 0.25) is 0 Å². The fourth-order valence-corrected chi connectivity index (χ4v) is 2.62. The van der Waals surface area contributed by atoms with Crippen LogP contribution < -0.4 is 5.32 Å². The first-order chi connectivity index (χ1) is 8.16. The van der Waals surface area contributed by atoms with Crippen molar-refractivity contribution in [3.63, 3.8) is 0 Å². The van der Waals surface area contributed by atoms with Gasteiger partial charge in [-0.1, -0.05) is 18.2 Å². The summed E-state index contributed by atoms with van der Waals surface area (Å²) in [6.07, 6.45) is 0.541. The monoisotopic (exact) mass is 266 g/mol. The van der Waals surface area contributed by atoms with Crippen molar-refractivity contribution in [2.45, 2.75) is 25.4 Å². The highest BCUT2D eigenvalue weighted by Gasteiger charge is 2.30. The Balaban J connectivity index is 0.00000120. The number of rotatable bonds is 1. The summed E-state index contributed by atoms with van der Waals surface area (Å²) in [5.74, 6) is -0.784. The van der Waals surface area contributed by atoms with E-state index >= 15 is 0 Å². The van der Waals surface area contributed by atoms with Crippen molar-refractivity contribution in [3.05, 3.63) is 35.5 Å². The highest BCUT2D eigenvalue weighted by Crippen LogP contribution is 2.31. The second kappa shape index (κ2) is 4.63. The molecule has 3 rings (SSSR count). The fourth-order valence-electron chi connectivity index (χ4n) is 2.62.